The van der Waals surface area contributed by atoms with Crippen LogP contribution >= 0.6 is 0 Å². The van der Waals surface area contributed by atoms with Gasteiger partial charge in [0.25, 0.3) is 0 Å². The lowest BCUT2D eigenvalue weighted by Crippen LogP contribution is -2.00. The number of benzene rings is 2. The van der Waals surface area contributed by atoms with Crippen molar-refractivity contribution >= 4 is 11.9 Å². The Labute approximate surface area is 176 Å². The number of nitrogens with zero attached hydrogens (tertiary/aromatic N) is 3. The molecule has 2 aromatic carbocycles. The van der Waals surface area contributed by atoms with Gasteiger partial charge in [-0.3, -0.25) is 9.48 Å². The normalized spacial score (nSPS) is 10.8. The number of carbonyl (C=O) groups excluding carboxylic acids is 1. The molecule has 30 heavy (non-hydrogen) atoms. The third kappa shape index (κ3) is 4.58. The van der Waals surface area contributed by atoms with Crippen molar-refractivity contribution in [1.29, 1.82) is 5.26 Å². The van der Waals surface area contributed by atoms with Gasteiger partial charge in [-0.1, -0.05) is 12.1 Å². The number of ketones is 1. The molecule has 0 N–H and O–H groups in total. The van der Waals surface area contributed by atoms with E-state index in [4.69, 9.17) is 14.7 Å². The highest BCUT2D eigenvalue weighted by molar-refractivity contribution is 6.08. The fraction of sp³-hybridized carbons (Fsp3) is 0.208. The van der Waals surface area contributed by atoms with Gasteiger partial charge in [0.05, 0.1) is 30.0 Å². The van der Waals surface area contributed by atoms with Gasteiger partial charge in [-0.15, -0.1) is 0 Å². The van der Waals surface area contributed by atoms with Crippen LogP contribution in [0.2, 0.25) is 0 Å². The standard InChI is InChI=1S/C24H23N3O3/c1-16-24(17(2)27(3)26-16)22(28)11-7-18-8-12-23(29-4)20(13-18)15-30-21-9-5-19(14-25)6-10-21/h5-13H,15H2,1-4H3/b11-7+. The Morgan fingerprint density at radius 1 is 1.20 bits per heavy atom. The van der Waals surface area contributed by atoms with Crippen LogP contribution in [0.4, 0.5) is 0 Å². The van der Waals surface area contributed by atoms with E-state index in [-0.39, 0.29) is 5.78 Å². The molecule has 3 aromatic rings. The summed E-state index contributed by atoms with van der Waals surface area (Å²) >= 11 is 0. The molecule has 1 heterocycles. The van der Waals surface area contributed by atoms with Crippen molar-refractivity contribution in [2.75, 3.05) is 7.11 Å². The molecule has 0 fully saturated rings. The van der Waals surface area contributed by atoms with Gasteiger partial charge in [0.15, 0.2) is 5.78 Å². The summed E-state index contributed by atoms with van der Waals surface area (Å²) in [6.45, 7) is 4.01. The number of rotatable bonds is 7. The second-order valence-electron chi connectivity index (χ2n) is 6.86. The molecule has 0 spiro atoms. The van der Waals surface area contributed by atoms with Gasteiger partial charge >= 0.3 is 0 Å². The van der Waals surface area contributed by atoms with Crippen molar-refractivity contribution in [3.05, 3.63) is 82.2 Å². The summed E-state index contributed by atoms with van der Waals surface area (Å²) < 4.78 is 13.0. The van der Waals surface area contributed by atoms with E-state index < -0.39 is 0 Å². The van der Waals surface area contributed by atoms with Gasteiger partial charge in [0.1, 0.15) is 18.1 Å². The van der Waals surface area contributed by atoms with Gasteiger partial charge in [-0.2, -0.15) is 10.4 Å². The maximum absolute atomic E-state index is 12.6. The zero-order valence-electron chi connectivity index (χ0n) is 17.5. The molecule has 0 aliphatic carbocycles. The van der Waals surface area contributed by atoms with Crippen LogP contribution < -0.4 is 9.47 Å². The number of methoxy groups -OCH3 is 1. The summed E-state index contributed by atoms with van der Waals surface area (Å²) in [4.78, 5) is 12.6. The first-order chi connectivity index (χ1) is 14.4. The van der Waals surface area contributed by atoms with Crippen molar-refractivity contribution in [1.82, 2.24) is 9.78 Å². The Morgan fingerprint density at radius 2 is 1.93 bits per heavy atom. The van der Waals surface area contributed by atoms with E-state index in [0.29, 0.717) is 29.2 Å². The lowest BCUT2D eigenvalue weighted by atomic mass is 10.1. The first-order valence-corrected chi connectivity index (χ1v) is 9.45. The molecule has 0 amide bonds. The molecule has 6 nitrogen and oxygen atoms in total. The van der Waals surface area contributed by atoms with Crippen LogP contribution in [0.25, 0.3) is 6.08 Å². The van der Waals surface area contributed by atoms with E-state index >= 15 is 0 Å². The minimum Gasteiger partial charge on any atom is -0.496 e. The van der Waals surface area contributed by atoms with Gasteiger partial charge in [0.2, 0.25) is 0 Å². The van der Waals surface area contributed by atoms with Crippen molar-refractivity contribution in [3.63, 3.8) is 0 Å². The molecule has 1 aromatic heterocycles. The Hall–Kier alpha value is -3.85. The number of carbonyl (C=O) groups is 1. The summed E-state index contributed by atoms with van der Waals surface area (Å²) in [5, 5.41) is 13.2. The molecule has 0 saturated carbocycles. The second kappa shape index (κ2) is 9.10. The van der Waals surface area contributed by atoms with Gasteiger partial charge in [-0.05, 0) is 61.9 Å². The van der Waals surface area contributed by atoms with E-state index in [0.717, 1.165) is 22.5 Å². The predicted octanol–water partition coefficient (Wildman–Crippen LogP) is 4.39. The highest BCUT2D eigenvalue weighted by atomic mass is 16.5. The Kier molecular flexibility index (Phi) is 6.33. The molecule has 152 valence electrons. The van der Waals surface area contributed by atoms with Crippen LogP contribution in [0.5, 0.6) is 11.5 Å². The monoisotopic (exact) mass is 401 g/mol. The molecule has 0 unspecified atom stereocenters. The SMILES string of the molecule is COc1ccc(/C=C/C(=O)c2c(C)nn(C)c2C)cc1COc1ccc(C#N)cc1. The Balaban J connectivity index is 1.77. The number of allylic oxidation sites excluding steroid dienone is 1. The molecule has 0 aliphatic heterocycles. The molecule has 0 atom stereocenters. The molecule has 0 saturated heterocycles. The van der Waals surface area contributed by atoms with Crippen LogP contribution in [0.15, 0.2) is 48.5 Å². The molecule has 3 rings (SSSR count). The average molecular weight is 401 g/mol. The van der Waals surface area contributed by atoms with E-state index in [2.05, 4.69) is 11.2 Å². The van der Waals surface area contributed by atoms with E-state index in [1.54, 1.807) is 48.2 Å². The molecular weight excluding hydrogens is 378 g/mol. The van der Waals surface area contributed by atoms with Gasteiger partial charge in [0, 0.05) is 18.3 Å². The highest BCUT2D eigenvalue weighted by Crippen LogP contribution is 2.23. The molecule has 0 bridgehead atoms. The predicted molar refractivity (Wildman–Crippen MR) is 115 cm³/mol. The largest absolute Gasteiger partial charge is 0.496 e. The number of aryl methyl sites for hydroxylation is 2. The molecule has 0 aliphatic rings. The van der Waals surface area contributed by atoms with Crippen LogP contribution in [-0.2, 0) is 13.7 Å². The minimum absolute atomic E-state index is 0.0794. The Morgan fingerprint density at radius 3 is 2.53 bits per heavy atom. The van der Waals surface area contributed by atoms with E-state index in [9.17, 15) is 4.79 Å². The van der Waals surface area contributed by atoms with Crippen LogP contribution in [-0.4, -0.2) is 22.7 Å². The maximum atomic E-state index is 12.6. The van der Waals surface area contributed by atoms with Crippen molar-refractivity contribution in [2.24, 2.45) is 7.05 Å². The number of hydrogen-bond acceptors (Lipinski definition) is 5. The summed E-state index contributed by atoms with van der Waals surface area (Å²) in [5.74, 6) is 1.28. The van der Waals surface area contributed by atoms with Gasteiger partial charge in [-0.25, -0.2) is 0 Å². The van der Waals surface area contributed by atoms with Crippen molar-refractivity contribution in [2.45, 2.75) is 20.5 Å². The fourth-order valence-corrected chi connectivity index (χ4v) is 3.19. The van der Waals surface area contributed by atoms with Crippen LogP contribution in [0.3, 0.4) is 0 Å². The molecular formula is C24H23N3O3. The lowest BCUT2D eigenvalue weighted by Gasteiger charge is -2.11. The number of aromatic nitrogens is 2. The second-order valence-corrected chi connectivity index (χ2v) is 6.86. The quantitative estimate of drug-likeness (QED) is 0.433. The Bertz CT molecular complexity index is 1140. The third-order valence-electron chi connectivity index (χ3n) is 4.86. The number of ether oxygens (including phenoxy) is 2. The van der Waals surface area contributed by atoms with Crippen LogP contribution in [0.1, 0.15) is 38.4 Å². The summed E-state index contributed by atoms with van der Waals surface area (Å²) in [5.41, 5.74) is 4.48. The smallest absolute Gasteiger partial charge is 0.189 e. The minimum atomic E-state index is -0.0794. The van der Waals surface area contributed by atoms with Crippen molar-refractivity contribution in [3.8, 4) is 17.6 Å². The fourth-order valence-electron chi connectivity index (χ4n) is 3.19. The van der Waals surface area contributed by atoms with E-state index in [1.807, 2.05) is 39.1 Å². The average Bonchev–Trinajstić information content (AvgIpc) is 3.02. The maximum Gasteiger partial charge on any atom is 0.189 e. The van der Waals surface area contributed by atoms with Gasteiger partial charge < -0.3 is 9.47 Å². The summed E-state index contributed by atoms with van der Waals surface area (Å²) in [6, 6.07) is 14.7. The zero-order valence-corrected chi connectivity index (χ0v) is 17.5. The highest BCUT2D eigenvalue weighted by Gasteiger charge is 2.15. The summed E-state index contributed by atoms with van der Waals surface area (Å²) in [6.07, 6.45) is 3.34. The topological polar surface area (TPSA) is 77.1 Å². The van der Waals surface area contributed by atoms with Crippen molar-refractivity contribution < 1.29 is 14.3 Å². The first kappa shape index (κ1) is 20.9. The zero-order chi connectivity index (χ0) is 21.7. The third-order valence-corrected chi connectivity index (χ3v) is 4.86. The molecule has 0 radical (unpaired) electrons. The van der Waals surface area contributed by atoms with E-state index in [1.165, 1.54) is 0 Å². The first-order valence-electron chi connectivity index (χ1n) is 9.45. The lowest BCUT2D eigenvalue weighted by molar-refractivity contribution is 0.104. The summed E-state index contributed by atoms with van der Waals surface area (Å²) in [7, 11) is 3.43. The van der Waals surface area contributed by atoms with Crippen LogP contribution in [0, 0.1) is 25.2 Å². The molecule has 6 heteroatoms. The number of nitriles is 1. The number of hydrogen-bond donors (Lipinski definition) is 0.